The Morgan fingerprint density at radius 1 is 0.925 bits per heavy atom. The van der Waals surface area contributed by atoms with Crippen LogP contribution in [0.2, 0.25) is 0 Å². The highest BCUT2D eigenvalue weighted by molar-refractivity contribution is 7.89. The molecule has 40 heavy (non-hydrogen) atoms. The maximum atomic E-state index is 13.9. The van der Waals surface area contributed by atoms with Crippen molar-refractivity contribution in [2.75, 3.05) is 11.4 Å². The second-order valence-corrected chi connectivity index (χ2v) is 12.7. The number of thiazole rings is 1. The number of furan rings is 1. The molecular formula is C31H31N3O4S2. The number of benzene rings is 3. The standard InChI is InChI=1S/C31H31N3O4S2/c1-4-33(20-23-10-6-5-7-11-23)40(36,37)26-17-15-24(16-18-26)30(35)34(21-25-12-9-19-38-25)31-32-29-27(22(2)3)13-8-14-28(29)39-31/h5-19,22H,4,20-21H2,1-3H3. The number of carbonyl (C=O) groups excluding carboxylic acids is 1. The zero-order valence-electron chi connectivity index (χ0n) is 22.7. The monoisotopic (exact) mass is 573 g/mol. The van der Waals surface area contributed by atoms with E-state index in [1.807, 2.05) is 55.5 Å². The zero-order valence-corrected chi connectivity index (χ0v) is 24.3. The Bertz CT molecular complexity index is 1690. The molecule has 7 nitrogen and oxygen atoms in total. The Morgan fingerprint density at radius 3 is 2.33 bits per heavy atom. The van der Waals surface area contributed by atoms with Gasteiger partial charge < -0.3 is 4.42 Å². The molecule has 5 rings (SSSR count). The number of aromatic nitrogens is 1. The average molecular weight is 574 g/mol. The van der Waals surface area contributed by atoms with Gasteiger partial charge in [-0.05, 0) is 59.5 Å². The first kappa shape index (κ1) is 27.8. The number of carbonyl (C=O) groups is 1. The molecule has 0 radical (unpaired) electrons. The van der Waals surface area contributed by atoms with Gasteiger partial charge in [0.05, 0.1) is 27.9 Å². The van der Waals surface area contributed by atoms with E-state index < -0.39 is 10.0 Å². The highest BCUT2D eigenvalue weighted by atomic mass is 32.2. The number of hydrogen-bond donors (Lipinski definition) is 0. The van der Waals surface area contributed by atoms with Crippen molar-refractivity contribution in [3.63, 3.8) is 0 Å². The first-order valence-corrected chi connectivity index (χ1v) is 15.4. The third-order valence-corrected chi connectivity index (χ3v) is 9.70. The number of hydrogen-bond acceptors (Lipinski definition) is 6. The largest absolute Gasteiger partial charge is 0.467 e. The maximum Gasteiger partial charge on any atom is 0.260 e. The summed E-state index contributed by atoms with van der Waals surface area (Å²) in [6.07, 6.45) is 1.57. The van der Waals surface area contributed by atoms with E-state index in [0.717, 1.165) is 21.3 Å². The van der Waals surface area contributed by atoms with E-state index in [4.69, 9.17) is 9.40 Å². The first-order chi connectivity index (χ1) is 19.3. The molecule has 3 aromatic carbocycles. The first-order valence-electron chi connectivity index (χ1n) is 13.2. The maximum absolute atomic E-state index is 13.9. The smallest absolute Gasteiger partial charge is 0.260 e. The van der Waals surface area contributed by atoms with Crippen molar-refractivity contribution in [3.8, 4) is 0 Å². The summed E-state index contributed by atoms with van der Waals surface area (Å²) >= 11 is 1.45. The number of nitrogens with zero attached hydrogens (tertiary/aromatic N) is 3. The van der Waals surface area contributed by atoms with Crippen LogP contribution < -0.4 is 4.90 Å². The molecule has 5 aromatic rings. The average Bonchev–Trinajstić information content (AvgIpc) is 3.64. The Morgan fingerprint density at radius 2 is 1.68 bits per heavy atom. The summed E-state index contributed by atoms with van der Waals surface area (Å²) in [5.41, 5.74) is 3.27. The normalized spacial score (nSPS) is 11.9. The molecule has 0 unspecified atom stereocenters. The number of rotatable bonds is 10. The van der Waals surface area contributed by atoms with Crippen LogP contribution in [0.3, 0.4) is 0 Å². The van der Waals surface area contributed by atoms with Crippen LogP contribution >= 0.6 is 11.3 Å². The van der Waals surface area contributed by atoms with Crippen LogP contribution in [0.5, 0.6) is 0 Å². The minimum Gasteiger partial charge on any atom is -0.467 e. The van der Waals surface area contributed by atoms with Gasteiger partial charge in [0.25, 0.3) is 5.91 Å². The van der Waals surface area contributed by atoms with Crippen molar-refractivity contribution < 1.29 is 17.6 Å². The Balaban J connectivity index is 1.45. The summed E-state index contributed by atoms with van der Waals surface area (Å²) in [5.74, 6) is 0.615. The van der Waals surface area contributed by atoms with E-state index >= 15 is 0 Å². The predicted octanol–water partition coefficient (Wildman–Crippen LogP) is 7.07. The van der Waals surface area contributed by atoms with Crippen molar-refractivity contribution in [2.24, 2.45) is 0 Å². The summed E-state index contributed by atoms with van der Waals surface area (Å²) in [6.45, 7) is 6.85. The summed E-state index contributed by atoms with van der Waals surface area (Å²) in [4.78, 5) is 20.5. The van der Waals surface area contributed by atoms with Gasteiger partial charge in [-0.2, -0.15) is 4.31 Å². The molecule has 0 bridgehead atoms. The van der Waals surface area contributed by atoms with Gasteiger partial charge in [0, 0.05) is 18.7 Å². The summed E-state index contributed by atoms with van der Waals surface area (Å²) in [7, 11) is -3.75. The lowest BCUT2D eigenvalue weighted by atomic mass is 10.0. The van der Waals surface area contributed by atoms with Crippen LogP contribution in [-0.4, -0.2) is 30.2 Å². The molecule has 0 aliphatic rings. The van der Waals surface area contributed by atoms with Crippen LogP contribution in [0.25, 0.3) is 10.2 Å². The molecule has 0 atom stereocenters. The zero-order chi connectivity index (χ0) is 28.3. The van der Waals surface area contributed by atoms with Crippen molar-refractivity contribution in [3.05, 3.63) is 114 Å². The van der Waals surface area contributed by atoms with E-state index in [1.165, 1.54) is 27.8 Å². The molecule has 0 saturated carbocycles. The van der Waals surface area contributed by atoms with Gasteiger partial charge in [-0.3, -0.25) is 9.69 Å². The van der Waals surface area contributed by atoms with Crippen molar-refractivity contribution >= 4 is 42.6 Å². The van der Waals surface area contributed by atoms with Gasteiger partial charge in [0.1, 0.15) is 5.76 Å². The summed E-state index contributed by atoms with van der Waals surface area (Å²) in [5, 5.41) is 0.557. The van der Waals surface area contributed by atoms with Crippen LogP contribution in [0.1, 0.15) is 53.9 Å². The number of fused-ring (bicyclic) bond motifs is 1. The molecule has 2 aromatic heterocycles. The molecule has 206 valence electrons. The number of amides is 1. The lowest BCUT2D eigenvalue weighted by Gasteiger charge is -2.21. The van der Waals surface area contributed by atoms with Crippen molar-refractivity contribution in [1.29, 1.82) is 0 Å². The lowest BCUT2D eigenvalue weighted by Crippen LogP contribution is -2.31. The second kappa shape index (κ2) is 11.8. The topological polar surface area (TPSA) is 83.7 Å². The molecule has 0 saturated heterocycles. The van der Waals surface area contributed by atoms with E-state index in [0.29, 0.717) is 23.0 Å². The van der Waals surface area contributed by atoms with Crippen LogP contribution in [0.4, 0.5) is 5.13 Å². The van der Waals surface area contributed by atoms with E-state index in [-0.39, 0.29) is 29.8 Å². The minimum absolute atomic E-state index is 0.140. The summed E-state index contributed by atoms with van der Waals surface area (Å²) in [6, 6.07) is 25.3. The van der Waals surface area contributed by atoms with Gasteiger partial charge in [-0.25, -0.2) is 13.4 Å². The van der Waals surface area contributed by atoms with Gasteiger partial charge in [0.15, 0.2) is 5.13 Å². The molecule has 1 amide bonds. The highest BCUT2D eigenvalue weighted by Crippen LogP contribution is 2.35. The Hall–Kier alpha value is -3.79. The van der Waals surface area contributed by atoms with Crippen LogP contribution in [-0.2, 0) is 23.1 Å². The summed E-state index contributed by atoms with van der Waals surface area (Å²) < 4.78 is 34.8. The molecule has 2 heterocycles. The number of para-hydroxylation sites is 1. The predicted molar refractivity (Wildman–Crippen MR) is 159 cm³/mol. The SMILES string of the molecule is CCN(Cc1ccccc1)S(=O)(=O)c1ccc(C(=O)N(Cc2ccco2)c2nc3c(C(C)C)cccc3s2)cc1. The molecule has 0 fully saturated rings. The Kier molecular flexibility index (Phi) is 8.16. The molecule has 0 aliphatic heterocycles. The lowest BCUT2D eigenvalue weighted by molar-refractivity contribution is 0.0983. The Labute approximate surface area is 238 Å². The van der Waals surface area contributed by atoms with E-state index in [1.54, 1.807) is 29.4 Å². The van der Waals surface area contributed by atoms with Gasteiger partial charge in [-0.1, -0.05) is 74.6 Å². The fourth-order valence-electron chi connectivity index (χ4n) is 4.55. The van der Waals surface area contributed by atoms with E-state index in [2.05, 4.69) is 19.9 Å². The van der Waals surface area contributed by atoms with Crippen molar-refractivity contribution in [2.45, 2.75) is 44.7 Å². The van der Waals surface area contributed by atoms with Gasteiger partial charge in [0.2, 0.25) is 10.0 Å². The molecular weight excluding hydrogens is 542 g/mol. The van der Waals surface area contributed by atoms with Crippen LogP contribution in [0, 0.1) is 0 Å². The minimum atomic E-state index is -3.75. The van der Waals surface area contributed by atoms with Gasteiger partial charge >= 0.3 is 0 Å². The molecule has 0 spiro atoms. The van der Waals surface area contributed by atoms with Crippen molar-refractivity contribution in [1.82, 2.24) is 9.29 Å². The number of sulfonamides is 1. The highest BCUT2D eigenvalue weighted by Gasteiger charge is 2.26. The fraction of sp³-hybridized carbons (Fsp3) is 0.226. The molecule has 0 aliphatic carbocycles. The molecule has 0 N–H and O–H groups in total. The fourth-order valence-corrected chi connectivity index (χ4v) is 6.99. The third-order valence-electron chi connectivity index (χ3n) is 6.72. The van der Waals surface area contributed by atoms with Gasteiger partial charge in [-0.15, -0.1) is 0 Å². The second-order valence-electron chi connectivity index (χ2n) is 9.76. The third kappa shape index (κ3) is 5.72. The molecule has 9 heteroatoms. The van der Waals surface area contributed by atoms with E-state index in [9.17, 15) is 13.2 Å². The number of anilines is 1. The quantitative estimate of drug-likeness (QED) is 0.178. The van der Waals surface area contributed by atoms with Crippen LogP contribution in [0.15, 0.2) is 101 Å².